The SMILES string of the molecule is COC(=O)c1ccc(Cl)cc1NC(=O)c1ccc2c(c1)C[C@@H](c1ccccc1)OC2=O. The van der Waals surface area contributed by atoms with Gasteiger partial charge in [-0.2, -0.15) is 0 Å². The molecule has 4 rings (SSSR count). The number of halogens is 1. The fraction of sp³-hybridized carbons (Fsp3) is 0.125. The molecular formula is C24H18ClNO5. The maximum Gasteiger partial charge on any atom is 0.339 e. The van der Waals surface area contributed by atoms with Crippen LogP contribution >= 0.6 is 11.6 Å². The Morgan fingerprint density at radius 1 is 1.06 bits per heavy atom. The topological polar surface area (TPSA) is 81.7 Å². The Bertz CT molecular complexity index is 1180. The number of benzene rings is 3. The van der Waals surface area contributed by atoms with E-state index in [0.29, 0.717) is 22.6 Å². The molecule has 3 aromatic carbocycles. The zero-order chi connectivity index (χ0) is 22.0. The normalized spacial score (nSPS) is 14.9. The van der Waals surface area contributed by atoms with Crippen LogP contribution in [0.2, 0.25) is 5.02 Å². The third-order valence-electron chi connectivity index (χ3n) is 5.05. The molecule has 0 saturated heterocycles. The fourth-order valence-corrected chi connectivity index (χ4v) is 3.67. The predicted octanol–water partition coefficient (Wildman–Crippen LogP) is 4.83. The third-order valence-corrected chi connectivity index (χ3v) is 5.28. The van der Waals surface area contributed by atoms with Crippen molar-refractivity contribution in [2.24, 2.45) is 0 Å². The second-order valence-corrected chi connectivity index (χ2v) is 7.45. The number of hydrogen-bond acceptors (Lipinski definition) is 5. The first-order chi connectivity index (χ1) is 15.0. The van der Waals surface area contributed by atoms with Gasteiger partial charge in [0.2, 0.25) is 0 Å². The minimum Gasteiger partial charge on any atom is -0.465 e. The Kier molecular flexibility index (Phi) is 5.73. The van der Waals surface area contributed by atoms with Crippen molar-refractivity contribution < 1.29 is 23.9 Å². The van der Waals surface area contributed by atoms with E-state index < -0.39 is 23.9 Å². The summed E-state index contributed by atoms with van der Waals surface area (Å²) in [7, 11) is 1.26. The Balaban J connectivity index is 1.61. The van der Waals surface area contributed by atoms with E-state index in [4.69, 9.17) is 21.1 Å². The highest BCUT2D eigenvalue weighted by molar-refractivity contribution is 6.31. The number of carbonyl (C=O) groups is 3. The van der Waals surface area contributed by atoms with Crippen molar-refractivity contribution in [3.05, 3.63) is 99.6 Å². The zero-order valence-electron chi connectivity index (χ0n) is 16.6. The van der Waals surface area contributed by atoms with Crippen LogP contribution in [0.1, 0.15) is 48.3 Å². The molecule has 1 amide bonds. The first kappa shape index (κ1) is 20.6. The number of methoxy groups -OCH3 is 1. The molecule has 1 aliphatic heterocycles. The molecule has 0 radical (unpaired) electrons. The van der Waals surface area contributed by atoms with Crippen LogP contribution in [-0.2, 0) is 15.9 Å². The van der Waals surface area contributed by atoms with Crippen LogP contribution in [-0.4, -0.2) is 25.0 Å². The molecule has 0 spiro atoms. The largest absolute Gasteiger partial charge is 0.465 e. The maximum atomic E-state index is 12.9. The van der Waals surface area contributed by atoms with Crippen molar-refractivity contribution in [3.8, 4) is 0 Å². The lowest BCUT2D eigenvalue weighted by Crippen LogP contribution is -2.23. The number of nitrogens with one attached hydrogen (secondary N) is 1. The molecule has 3 aromatic rings. The number of cyclic esters (lactones) is 1. The van der Waals surface area contributed by atoms with E-state index in [1.807, 2.05) is 30.3 Å². The van der Waals surface area contributed by atoms with Crippen LogP contribution in [0.4, 0.5) is 5.69 Å². The monoisotopic (exact) mass is 435 g/mol. The van der Waals surface area contributed by atoms with Crippen LogP contribution in [0.25, 0.3) is 0 Å². The molecule has 0 saturated carbocycles. The van der Waals surface area contributed by atoms with Gasteiger partial charge in [0.25, 0.3) is 5.91 Å². The average molecular weight is 436 g/mol. The molecule has 0 aromatic heterocycles. The van der Waals surface area contributed by atoms with Gasteiger partial charge in [-0.25, -0.2) is 9.59 Å². The number of anilines is 1. The van der Waals surface area contributed by atoms with Gasteiger partial charge in [-0.05, 0) is 47.5 Å². The number of ether oxygens (including phenoxy) is 2. The number of rotatable bonds is 4. The highest BCUT2D eigenvalue weighted by Gasteiger charge is 2.28. The summed E-state index contributed by atoms with van der Waals surface area (Å²) in [6.45, 7) is 0. The van der Waals surface area contributed by atoms with Crippen LogP contribution in [0.5, 0.6) is 0 Å². The zero-order valence-corrected chi connectivity index (χ0v) is 17.3. The van der Waals surface area contributed by atoms with Gasteiger partial charge >= 0.3 is 11.9 Å². The van der Waals surface area contributed by atoms with Crippen LogP contribution in [0.3, 0.4) is 0 Å². The summed E-state index contributed by atoms with van der Waals surface area (Å²) < 4.78 is 10.3. The van der Waals surface area contributed by atoms with Gasteiger partial charge in [0.05, 0.1) is 23.9 Å². The molecule has 0 unspecified atom stereocenters. The van der Waals surface area contributed by atoms with E-state index in [9.17, 15) is 14.4 Å². The number of esters is 2. The third kappa shape index (κ3) is 4.29. The first-order valence-corrected chi connectivity index (χ1v) is 9.92. The van der Waals surface area contributed by atoms with Crippen molar-refractivity contribution in [1.82, 2.24) is 0 Å². The summed E-state index contributed by atoms with van der Waals surface area (Å²) in [5.41, 5.74) is 2.81. The standard InChI is InChI=1S/C24H18ClNO5/c1-30-23(28)19-10-8-17(25)13-20(19)26-22(27)15-7-9-18-16(11-15)12-21(31-24(18)29)14-5-3-2-4-6-14/h2-11,13,21H,12H2,1H3,(H,26,27)/t21-/m0/s1. The van der Waals surface area contributed by atoms with Crippen molar-refractivity contribution >= 4 is 35.1 Å². The highest BCUT2D eigenvalue weighted by atomic mass is 35.5. The smallest absolute Gasteiger partial charge is 0.339 e. The first-order valence-electron chi connectivity index (χ1n) is 9.54. The molecule has 1 aliphatic rings. The lowest BCUT2D eigenvalue weighted by Gasteiger charge is -2.25. The Labute approximate surface area is 183 Å². The number of carbonyl (C=O) groups excluding carboxylic acids is 3. The summed E-state index contributed by atoms with van der Waals surface area (Å²) in [6, 6.07) is 18.7. The molecule has 31 heavy (non-hydrogen) atoms. The Hall–Kier alpha value is -3.64. The van der Waals surface area contributed by atoms with Gasteiger partial charge in [-0.15, -0.1) is 0 Å². The average Bonchev–Trinajstić information content (AvgIpc) is 2.79. The molecule has 0 bridgehead atoms. The van der Waals surface area contributed by atoms with Gasteiger partial charge < -0.3 is 14.8 Å². The molecule has 0 fully saturated rings. The summed E-state index contributed by atoms with van der Waals surface area (Å²) in [6.07, 6.45) is 0.0370. The Morgan fingerprint density at radius 2 is 1.84 bits per heavy atom. The van der Waals surface area contributed by atoms with Gasteiger partial charge in [0, 0.05) is 17.0 Å². The fourth-order valence-electron chi connectivity index (χ4n) is 3.49. The van der Waals surface area contributed by atoms with Gasteiger partial charge in [0.15, 0.2) is 0 Å². The van der Waals surface area contributed by atoms with Crippen LogP contribution < -0.4 is 5.32 Å². The molecule has 1 atom stereocenters. The van der Waals surface area contributed by atoms with E-state index in [1.54, 1.807) is 18.2 Å². The van der Waals surface area contributed by atoms with Crippen molar-refractivity contribution in [1.29, 1.82) is 0 Å². The van der Waals surface area contributed by atoms with Crippen LogP contribution in [0, 0.1) is 0 Å². The lowest BCUT2D eigenvalue weighted by molar-refractivity contribution is 0.0252. The van der Waals surface area contributed by atoms with Crippen molar-refractivity contribution in [3.63, 3.8) is 0 Å². The van der Waals surface area contributed by atoms with E-state index in [2.05, 4.69) is 5.32 Å². The maximum absolute atomic E-state index is 12.9. The number of fused-ring (bicyclic) bond motifs is 1. The summed E-state index contributed by atoms with van der Waals surface area (Å²) in [5, 5.41) is 3.07. The molecule has 0 aliphatic carbocycles. The number of hydrogen-bond donors (Lipinski definition) is 1. The summed E-state index contributed by atoms with van der Waals surface area (Å²) >= 11 is 6.02. The molecular weight excluding hydrogens is 418 g/mol. The highest BCUT2D eigenvalue weighted by Crippen LogP contribution is 2.31. The molecule has 156 valence electrons. The summed E-state index contributed by atoms with van der Waals surface area (Å²) in [5.74, 6) is -1.46. The van der Waals surface area contributed by atoms with Gasteiger partial charge in [-0.3, -0.25) is 4.79 Å². The molecule has 7 heteroatoms. The van der Waals surface area contributed by atoms with E-state index in [0.717, 1.165) is 11.1 Å². The van der Waals surface area contributed by atoms with Crippen molar-refractivity contribution in [2.75, 3.05) is 12.4 Å². The molecule has 6 nitrogen and oxygen atoms in total. The van der Waals surface area contributed by atoms with E-state index in [-0.39, 0.29) is 11.3 Å². The van der Waals surface area contributed by atoms with Gasteiger partial charge in [0.1, 0.15) is 6.10 Å². The predicted molar refractivity (Wildman–Crippen MR) is 115 cm³/mol. The molecule has 1 N–H and O–H groups in total. The molecule has 1 heterocycles. The lowest BCUT2D eigenvalue weighted by atomic mass is 9.93. The van der Waals surface area contributed by atoms with Gasteiger partial charge in [-0.1, -0.05) is 41.9 Å². The minimum absolute atomic E-state index is 0.186. The minimum atomic E-state index is -0.592. The van der Waals surface area contributed by atoms with E-state index >= 15 is 0 Å². The second kappa shape index (κ2) is 8.62. The van der Waals surface area contributed by atoms with E-state index in [1.165, 1.54) is 25.3 Å². The Morgan fingerprint density at radius 3 is 2.58 bits per heavy atom. The van der Waals surface area contributed by atoms with Crippen LogP contribution in [0.15, 0.2) is 66.7 Å². The quantitative estimate of drug-likeness (QED) is 0.593. The second-order valence-electron chi connectivity index (χ2n) is 7.02. The van der Waals surface area contributed by atoms with Crippen molar-refractivity contribution in [2.45, 2.75) is 12.5 Å². The summed E-state index contributed by atoms with van der Waals surface area (Å²) in [4.78, 5) is 37.3. The number of amides is 1.